The zero-order chi connectivity index (χ0) is 45.2. The van der Waals surface area contributed by atoms with Gasteiger partial charge in [-0.25, -0.2) is 0 Å². The number of aromatic nitrogens is 1. The molecular formula is C60H41N3. The molecule has 0 atom stereocenters. The van der Waals surface area contributed by atoms with Gasteiger partial charge in [-0.05, 0) is 118 Å². The molecule has 63 heavy (non-hydrogen) atoms. The number of benzene rings is 11. The third kappa shape index (κ3) is 6.29. The topological polar surface area (TPSA) is 11.4 Å². The first-order valence-corrected chi connectivity index (χ1v) is 21.3. The number of hydrogen-bond donors (Lipinski definition) is 0. The SMILES string of the molecule is [2H]c1c([2H])c(N(c2ccccc2)c2cccc3ccccc23)c([2H])c([2H])c1-c1cccc2c(N(c3ccc4ccccc4c3)c3ccc4c(c3)c3ccccc3n4-c3ccccc3)cccc12. The Hall–Kier alpha value is -8.40. The van der Waals surface area contributed by atoms with Gasteiger partial charge in [-0.15, -0.1) is 0 Å². The van der Waals surface area contributed by atoms with E-state index in [0.29, 0.717) is 5.56 Å². The van der Waals surface area contributed by atoms with Gasteiger partial charge in [0.25, 0.3) is 0 Å². The summed E-state index contributed by atoms with van der Waals surface area (Å²) in [5.41, 5.74) is 8.76. The zero-order valence-corrected chi connectivity index (χ0v) is 34.2. The third-order valence-electron chi connectivity index (χ3n) is 12.2. The lowest BCUT2D eigenvalue weighted by Gasteiger charge is -2.28. The Morgan fingerprint density at radius 3 is 1.70 bits per heavy atom. The molecule has 3 heteroatoms. The largest absolute Gasteiger partial charge is 0.310 e. The smallest absolute Gasteiger partial charge is 0.0645 e. The van der Waals surface area contributed by atoms with Crippen molar-refractivity contribution in [1.29, 1.82) is 0 Å². The van der Waals surface area contributed by atoms with E-state index in [0.717, 1.165) is 88.2 Å². The summed E-state index contributed by atoms with van der Waals surface area (Å²) in [7, 11) is 0. The minimum Gasteiger partial charge on any atom is -0.310 e. The molecule has 0 aliphatic carbocycles. The second-order valence-corrected chi connectivity index (χ2v) is 15.8. The van der Waals surface area contributed by atoms with Gasteiger partial charge in [-0.1, -0.05) is 164 Å². The number of anilines is 6. The lowest BCUT2D eigenvalue weighted by molar-refractivity contribution is 1.18. The minimum absolute atomic E-state index is 0.110. The monoisotopic (exact) mass is 807 g/mol. The summed E-state index contributed by atoms with van der Waals surface area (Å²) in [5, 5.41) is 8.21. The van der Waals surface area contributed by atoms with E-state index >= 15 is 0 Å². The van der Waals surface area contributed by atoms with Gasteiger partial charge in [0, 0.05) is 50.0 Å². The third-order valence-corrected chi connectivity index (χ3v) is 12.2. The van der Waals surface area contributed by atoms with Gasteiger partial charge >= 0.3 is 0 Å². The van der Waals surface area contributed by atoms with Crippen LogP contribution in [0.1, 0.15) is 5.48 Å². The molecular weight excluding hydrogens is 763 g/mol. The van der Waals surface area contributed by atoms with Gasteiger partial charge in [0.2, 0.25) is 0 Å². The van der Waals surface area contributed by atoms with Gasteiger partial charge in [0.1, 0.15) is 0 Å². The molecule has 0 aliphatic rings. The predicted octanol–water partition coefficient (Wildman–Crippen LogP) is 16.8. The van der Waals surface area contributed by atoms with Gasteiger partial charge in [0.15, 0.2) is 0 Å². The van der Waals surface area contributed by atoms with E-state index in [2.05, 4.69) is 131 Å². The minimum atomic E-state index is -0.123. The number of fused-ring (bicyclic) bond motifs is 6. The molecule has 11 aromatic carbocycles. The van der Waals surface area contributed by atoms with Crippen LogP contribution in [0.15, 0.2) is 249 Å². The number of para-hydroxylation sites is 3. The van der Waals surface area contributed by atoms with Crippen LogP contribution in [0.3, 0.4) is 0 Å². The van der Waals surface area contributed by atoms with Crippen LogP contribution in [0.2, 0.25) is 0 Å². The highest BCUT2D eigenvalue weighted by atomic mass is 15.1. The molecule has 0 radical (unpaired) electrons. The van der Waals surface area contributed by atoms with Gasteiger partial charge in [-0.2, -0.15) is 0 Å². The number of hydrogen-bond acceptors (Lipinski definition) is 2. The molecule has 0 amide bonds. The fraction of sp³-hybridized carbons (Fsp3) is 0. The second-order valence-electron chi connectivity index (χ2n) is 15.8. The second kappa shape index (κ2) is 15.3. The Bertz CT molecular complexity index is 3850. The van der Waals surface area contributed by atoms with Crippen LogP contribution in [-0.2, 0) is 0 Å². The Balaban J connectivity index is 1.06. The van der Waals surface area contributed by atoms with Crippen molar-refractivity contribution in [3.05, 3.63) is 249 Å². The van der Waals surface area contributed by atoms with E-state index in [1.54, 1.807) is 0 Å². The van der Waals surface area contributed by atoms with Crippen molar-refractivity contribution < 1.29 is 5.48 Å². The average Bonchev–Trinajstić information content (AvgIpc) is 3.71. The predicted molar refractivity (Wildman–Crippen MR) is 268 cm³/mol. The van der Waals surface area contributed by atoms with Gasteiger partial charge < -0.3 is 14.4 Å². The lowest BCUT2D eigenvalue weighted by Crippen LogP contribution is -2.10. The summed E-state index contributed by atoms with van der Waals surface area (Å²) in [4.78, 5) is 4.16. The molecule has 12 rings (SSSR count). The highest BCUT2D eigenvalue weighted by Crippen LogP contribution is 2.45. The molecule has 3 nitrogen and oxygen atoms in total. The molecule has 296 valence electrons. The van der Waals surface area contributed by atoms with Gasteiger partial charge in [-0.3, -0.25) is 0 Å². The van der Waals surface area contributed by atoms with E-state index in [1.807, 2.05) is 108 Å². The van der Waals surface area contributed by atoms with Crippen molar-refractivity contribution >= 4 is 88.2 Å². The van der Waals surface area contributed by atoms with Crippen LogP contribution in [-0.4, -0.2) is 4.57 Å². The summed E-state index contributed by atoms with van der Waals surface area (Å²) in [6.45, 7) is 0. The Morgan fingerprint density at radius 1 is 0.317 bits per heavy atom. The van der Waals surface area contributed by atoms with Crippen molar-refractivity contribution in [2.24, 2.45) is 0 Å². The molecule has 0 unspecified atom stereocenters. The highest BCUT2D eigenvalue weighted by molar-refractivity contribution is 6.12. The molecule has 0 spiro atoms. The first-order valence-electron chi connectivity index (χ1n) is 23.3. The van der Waals surface area contributed by atoms with E-state index in [-0.39, 0.29) is 35.4 Å². The summed E-state index contributed by atoms with van der Waals surface area (Å²) in [6, 6.07) is 76.0. The summed E-state index contributed by atoms with van der Waals surface area (Å²) in [6.07, 6.45) is 0. The molecule has 0 saturated carbocycles. The Kier molecular flexibility index (Phi) is 7.84. The first-order chi connectivity index (χ1) is 32.9. The summed E-state index contributed by atoms with van der Waals surface area (Å²) >= 11 is 0. The van der Waals surface area contributed by atoms with Crippen LogP contribution in [0.25, 0.3) is 70.9 Å². The van der Waals surface area contributed by atoms with Crippen LogP contribution in [0.5, 0.6) is 0 Å². The fourth-order valence-electron chi connectivity index (χ4n) is 9.33. The molecule has 1 heterocycles. The number of rotatable bonds is 8. The van der Waals surface area contributed by atoms with Crippen molar-refractivity contribution in [3.63, 3.8) is 0 Å². The van der Waals surface area contributed by atoms with E-state index in [1.165, 1.54) is 0 Å². The molecule has 0 fully saturated rings. The average molecular weight is 808 g/mol. The normalized spacial score (nSPS) is 12.4. The maximum Gasteiger partial charge on any atom is 0.0645 e. The van der Waals surface area contributed by atoms with E-state index in [9.17, 15) is 5.48 Å². The zero-order valence-electron chi connectivity index (χ0n) is 38.2. The van der Waals surface area contributed by atoms with Crippen LogP contribution >= 0.6 is 0 Å². The van der Waals surface area contributed by atoms with Crippen molar-refractivity contribution in [2.75, 3.05) is 9.80 Å². The molecule has 0 N–H and O–H groups in total. The molecule has 0 aliphatic heterocycles. The quantitative estimate of drug-likeness (QED) is 0.151. The summed E-state index contributed by atoms with van der Waals surface area (Å²) in [5.74, 6) is 0. The van der Waals surface area contributed by atoms with Crippen LogP contribution in [0.4, 0.5) is 34.1 Å². The van der Waals surface area contributed by atoms with Crippen molar-refractivity contribution in [1.82, 2.24) is 4.57 Å². The van der Waals surface area contributed by atoms with Crippen molar-refractivity contribution in [2.45, 2.75) is 0 Å². The highest BCUT2D eigenvalue weighted by Gasteiger charge is 2.21. The molecule has 0 saturated heterocycles. The van der Waals surface area contributed by atoms with Crippen molar-refractivity contribution in [3.8, 4) is 16.8 Å². The maximum atomic E-state index is 9.73. The van der Waals surface area contributed by atoms with Crippen LogP contribution < -0.4 is 9.80 Å². The first kappa shape index (κ1) is 32.4. The maximum absolute atomic E-state index is 9.73. The fourth-order valence-corrected chi connectivity index (χ4v) is 9.33. The molecule has 1 aromatic heterocycles. The standard InChI is InChI=1S/C60H41N3/c1-3-20-46(21-4-1)61(57-30-13-19-43-17-9-10-24-52(43)57)48-35-33-44(34-36-48)51-26-14-28-54-53(51)27-15-31-58(54)62(49-37-32-42-16-7-8-18-45(42)40-49)50-38-39-60-56(41-50)55-25-11-12-29-59(55)63(60)47-22-5-2-6-23-47/h1-41H/i33D,34D,35D,36D. The Labute approximate surface area is 372 Å². The lowest BCUT2D eigenvalue weighted by atomic mass is 9.96. The molecule has 12 aromatic rings. The Morgan fingerprint density at radius 2 is 0.873 bits per heavy atom. The van der Waals surface area contributed by atoms with E-state index < -0.39 is 0 Å². The number of nitrogens with zero attached hydrogens (tertiary/aromatic N) is 3. The summed E-state index contributed by atoms with van der Waals surface area (Å²) < 4.78 is 41.2. The molecule has 0 bridgehead atoms. The van der Waals surface area contributed by atoms with Gasteiger partial charge in [0.05, 0.1) is 27.9 Å². The van der Waals surface area contributed by atoms with E-state index in [4.69, 9.17) is 0 Å². The van der Waals surface area contributed by atoms with Crippen LogP contribution in [0, 0.1) is 0 Å².